The summed E-state index contributed by atoms with van der Waals surface area (Å²) in [5.41, 5.74) is 0.505. The molecule has 0 radical (unpaired) electrons. The van der Waals surface area contributed by atoms with Crippen LogP contribution in [0.25, 0.3) is 0 Å². The molecule has 4 atom stereocenters. The maximum absolute atomic E-state index is 11.4. The number of rotatable bonds is 3. The first-order valence-corrected chi connectivity index (χ1v) is 5.94. The molecule has 0 N–H and O–H groups in total. The zero-order valence-corrected chi connectivity index (χ0v) is 9.66. The van der Waals surface area contributed by atoms with Crippen LogP contribution in [0.3, 0.4) is 0 Å². The van der Waals surface area contributed by atoms with Crippen LogP contribution < -0.4 is 0 Å². The minimum atomic E-state index is -0.231. The first-order chi connectivity index (χ1) is 7.08. The monoisotopic (exact) mass is 208 g/mol. The van der Waals surface area contributed by atoms with Crippen molar-refractivity contribution in [1.82, 2.24) is 0 Å². The molecule has 84 valence electrons. The van der Waals surface area contributed by atoms with E-state index >= 15 is 0 Å². The third kappa shape index (κ3) is 2.09. The molecular weight excluding hydrogens is 188 g/mol. The number of esters is 1. The molecule has 0 aromatic rings. The third-order valence-electron chi connectivity index (χ3n) is 4.04. The van der Waals surface area contributed by atoms with E-state index in [0.717, 1.165) is 11.8 Å². The average Bonchev–Trinajstić information content (AvgIpc) is 2.78. The largest absolute Gasteiger partial charge is 0.459 e. The molecule has 2 nitrogen and oxygen atoms in total. The van der Waals surface area contributed by atoms with Gasteiger partial charge in [-0.25, -0.2) is 4.79 Å². The molecular formula is C13H20O2. The van der Waals surface area contributed by atoms with Crippen LogP contribution >= 0.6 is 0 Å². The molecule has 0 aromatic heterocycles. The fraction of sp³-hybridized carbons (Fsp3) is 0.769. The Bertz CT molecular complexity index is 282. The molecule has 2 rings (SSSR count). The van der Waals surface area contributed by atoms with Crippen LogP contribution in [0.1, 0.15) is 39.5 Å². The highest BCUT2D eigenvalue weighted by Crippen LogP contribution is 2.50. The zero-order valence-electron chi connectivity index (χ0n) is 9.66. The fourth-order valence-corrected chi connectivity index (χ4v) is 3.23. The smallest absolute Gasteiger partial charge is 0.333 e. The van der Waals surface area contributed by atoms with Crippen molar-refractivity contribution in [1.29, 1.82) is 0 Å². The summed E-state index contributed by atoms with van der Waals surface area (Å²) in [4.78, 5) is 11.4. The molecule has 0 saturated heterocycles. The van der Waals surface area contributed by atoms with Crippen molar-refractivity contribution in [2.75, 3.05) is 0 Å². The van der Waals surface area contributed by atoms with E-state index in [1.807, 2.05) is 6.92 Å². The number of hydrogen-bond acceptors (Lipinski definition) is 2. The second-order valence-corrected chi connectivity index (χ2v) is 5.23. The van der Waals surface area contributed by atoms with Crippen molar-refractivity contribution in [3.8, 4) is 0 Å². The predicted octanol–water partition coefficient (Wildman–Crippen LogP) is 2.93. The van der Waals surface area contributed by atoms with Crippen LogP contribution in [-0.2, 0) is 9.53 Å². The summed E-state index contributed by atoms with van der Waals surface area (Å²) in [5, 5.41) is 0. The fourth-order valence-electron chi connectivity index (χ4n) is 3.23. The average molecular weight is 208 g/mol. The van der Waals surface area contributed by atoms with Crippen LogP contribution in [-0.4, -0.2) is 12.1 Å². The van der Waals surface area contributed by atoms with Gasteiger partial charge < -0.3 is 4.74 Å². The first kappa shape index (κ1) is 10.7. The van der Waals surface area contributed by atoms with Gasteiger partial charge in [0.25, 0.3) is 0 Å². The van der Waals surface area contributed by atoms with Crippen LogP contribution in [0.5, 0.6) is 0 Å². The van der Waals surface area contributed by atoms with Crippen molar-refractivity contribution in [2.24, 2.45) is 17.8 Å². The molecule has 0 aromatic carbocycles. The first-order valence-electron chi connectivity index (χ1n) is 5.94. The molecule has 15 heavy (non-hydrogen) atoms. The number of carbonyl (C=O) groups excluding carboxylic acids is 1. The Kier molecular flexibility index (Phi) is 2.85. The normalized spacial score (nSPS) is 35.2. The quantitative estimate of drug-likeness (QED) is 0.526. The lowest BCUT2D eigenvalue weighted by Gasteiger charge is -2.27. The van der Waals surface area contributed by atoms with Gasteiger partial charge in [-0.1, -0.05) is 13.0 Å². The van der Waals surface area contributed by atoms with Gasteiger partial charge in [0.05, 0.1) is 0 Å². The molecule has 2 heteroatoms. The van der Waals surface area contributed by atoms with Gasteiger partial charge in [0.15, 0.2) is 0 Å². The number of ether oxygens (including phenoxy) is 1. The lowest BCUT2D eigenvalue weighted by Crippen LogP contribution is -2.28. The Morgan fingerprint density at radius 3 is 2.60 bits per heavy atom. The molecule has 2 saturated carbocycles. The Morgan fingerprint density at radius 2 is 2.13 bits per heavy atom. The van der Waals surface area contributed by atoms with Gasteiger partial charge in [-0.3, -0.25) is 0 Å². The van der Waals surface area contributed by atoms with Gasteiger partial charge in [0.2, 0.25) is 0 Å². The van der Waals surface area contributed by atoms with E-state index in [1.165, 1.54) is 25.7 Å². The molecule has 4 unspecified atom stereocenters. The van der Waals surface area contributed by atoms with E-state index in [2.05, 4.69) is 6.58 Å². The van der Waals surface area contributed by atoms with Crippen LogP contribution in [0.15, 0.2) is 12.2 Å². The van der Waals surface area contributed by atoms with Gasteiger partial charge >= 0.3 is 5.97 Å². The third-order valence-corrected chi connectivity index (χ3v) is 4.04. The predicted molar refractivity (Wildman–Crippen MR) is 59.3 cm³/mol. The van der Waals surface area contributed by atoms with E-state index in [0.29, 0.717) is 11.5 Å². The van der Waals surface area contributed by atoms with Crippen molar-refractivity contribution in [3.05, 3.63) is 12.2 Å². The molecule has 0 amide bonds. The van der Waals surface area contributed by atoms with Gasteiger partial charge in [0.1, 0.15) is 6.10 Å². The van der Waals surface area contributed by atoms with Gasteiger partial charge in [-0.15, -0.1) is 0 Å². The maximum Gasteiger partial charge on any atom is 0.333 e. The summed E-state index contributed by atoms with van der Waals surface area (Å²) in [7, 11) is 0. The molecule has 0 aliphatic heterocycles. The topological polar surface area (TPSA) is 26.3 Å². The van der Waals surface area contributed by atoms with Crippen molar-refractivity contribution >= 4 is 5.97 Å². The molecule has 2 fully saturated rings. The Labute approximate surface area is 91.7 Å². The maximum atomic E-state index is 11.4. The lowest BCUT2D eigenvalue weighted by molar-refractivity contribution is -0.146. The Hall–Kier alpha value is -0.790. The van der Waals surface area contributed by atoms with Gasteiger partial charge in [-0.05, 0) is 50.9 Å². The summed E-state index contributed by atoms with van der Waals surface area (Å²) in [5.74, 6) is 2.09. The Morgan fingerprint density at radius 1 is 1.40 bits per heavy atom. The second kappa shape index (κ2) is 3.99. The zero-order chi connectivity index (χ0) is 11.0. The lowest BCUT2D eigenvalue weighted by atomic mass is 9.85. The standard InChI is InChI=1S/C13H20O2/c1-8(2)13(14)15-9(3)12-7-10-4-5-11(12)6-10/h9-12H,1,4-7H2,2-3H3. The van der Waals surface area contributed by atoms with E-state index in [4.69, 9.17) is 4.74 Å². The highest BCUT2D eigenvalue weighted by atomic mass is 16.5. The molecule has 2 aliphatic carbocycles. The minimum Gasteiger partial charge on any atom is -0.459 e. The van der Waals surface area contributed by atoms with Crippen LogP contribution in [0.4, 0.5) is 0 Å². The highest BCUT2D eigenvalue weighted by molar-refractivity contribution is 5.87. The minimum absolute atomic E-state index is 0.0736. The van der Waals surface area contributed by atoms with Crippen LogP contribution in [0.2, 0.25) is 0 Å². The number of carbonyl (C=O) groups is 1. The molecule has 2 bridgehead atoms. The molecule has 0 spiro atoms. The SMILES string of the molecule is C=C(C)C(=O)OC(C)C1CC2CCC1C2. The number of fused-ring (bicyclic) bond motifs is 2. The van der Waals surface area contributed by atoms with E-state index < -0.39 is 0 Å². The van der Waals surface area contributed by atoms with Crippen molar-refractivity contribution < 1.29 is 9.53 Å². The van der Waals surface area contributed by atoms with E-state index in [1.54, 1.807) is 6.92 Å². The molecule has 0 heterocycles. The van der Waals surface area contributed by atoms with Gasteiger partial charge in [0, 0.05) is 5.57 Å². The molecule has 2 aliphatic rings. The second-order valence-electron chi connectivity index (χ2n) is 5.23. The van der Waals surface area contributed by atoms with Gasteiger partial charge in [-0.2, -0.15) is 0 Å². The summed E-state index contributed by atoms with van der Waals surface area (Å²) in [6.07, 6.45) is 5.42. The summed E-state index contributed by atoms with van der Waals surface area (Å²) < 4.78 is 5.41. The van der Waals surface area contributed by atoms with Crippen molar-refractivity contribution in [3.63, 3.8) is 0 Å². The summed E-state index contributed by atoms with van der Waals surface area (Å²) in [6.45, 7) is 7.35. The van der Waals surface area contributed by atoms with E-state index in [9.17, 15) is 4.79 Å². The van der Waals surface area contributed by atoms with Crippen LogP contribution in [0, 0.1) is 17.8 Å². The summed E-state index contributed by atoms with van der Waals surface area (Å²) >= 11 is 0. The van der Waals surface area contributed by atoms with Crippen molar-refractivity contribution in [2.45, 2.75) is 45.6 Å². The number of hydrogen-bond donors (Lipinski definition) is 0. The Balaban J connectivity index is 1.89. The van der Waals surface area contributed by atoms with E-state index in [-0.39, 0.29) is 12.1 Å². The highest BCUT2D eigenvalue weighted by Gasteiger charge is 2.42. The summed E-state index contributed by atoms with van der Waals surface area (Å²) in [6, 6.07) is 0.